The fourth-order valence-corrected chi connectivity index (χ4v) is 4.08. The monoisotopic (exact) mass is 301 g/mol. The fourth-order valence-electron chi connectivity index (χ4n) is 2.08. The van der Waals surface area contributed by atoms with E-state index in [1.807, 2.05) is 30.3 Å². The Bertz CT molecular complexity index is 485. The summed E-state index contributed by atoms with van der Waals surface area (Å²) in [5, 5.41) is 0. The molecule has 0 saturated heterocycles. The standard InChI is InChI=1S/C14H20ClNO2S/c15-10-4-5-11-19(17,18)16(14-8-9-14)12-13-6-2-1-3-7-13/h1-3,6-7,14H,4-5,8-12H2. The molecule has 1 aliphatic carbocycles. The molecule has 1 saturated carbocycles. The zero-order valence-electron chi connectivity index (χ0n) is 11.0. The first-order valence-corrected chi connectivity index (χ1v) is 8.87. The number of rotatable bonds is 8. The minimum atomic E-state index is -3.15. The first kappa shape index (κ1) is 14.8. The van der Waals surface area contributed by atoms with Crippen LogP contribution in [0.15, 0.2) is 30.3 Å². The number of sulfonamides is 1. The van der Waals surface area contributed by atoms with Crippen molar-refractivity contribution in [3.63, 3.8) is 0 Å². The van der Waals surface area contributed by atoms with Gasteiger partial charge in [0.1, 0.15) is 0 Å². The Hall–Kier alpha value is -0.580. The van der Waals surface area contributed by atoms with Gasteiger partial charge in [-0.15, -0.1) is 11.6 Å². The van der Waals surface area contributed by atoms with Crippen LogP contribution in [0.1, 0.15) is 31.2 Å². The summed E-state index contributed by atoms with van der Waals surface area (Å²) in [5.74, 6) is 0.737. The summed E-state index contributed by atoms with van der Waals surface area (Å²) >= 11 is 5.61. The van der Waals surface area contributed by atoms with Crippen molar-refractivity contribution in [3.8, 4) is 0 Å². The molecule has 0 amide bonds. The average molecular weight is 302 g/mol. The second-order valence-corrected chi connectivity index (χ2v) is 7.39. The van der Waals surface area contributed by atoms with Gasteiger partial charge in [-0.2, -0.15) is 4.31 Å². The Morgan fingerprint density at radius 2 is 1.84 bits per heavy atom. The lowest BCUT2D eigenvalue weighted by Gasteiger charge is -2.22. The molecule has 0 spiro atoms. The minimum absolute atomic E-state index is 0.209. The van der Waals surface area contributed by atoms with E-state index in [2.05, 4.69) is 0 Å². The van der Waals surface area contributed by atoms with Gasteiger partial charge in [0.15, 0.2) is 0 Å². The molecule has 0 bridgehead atoms. The number of hydrogen-bond acceptors (Lipinski definition) is 2. The third kappa shape index (κ3) is 4.48. The summed E-state index contributed by atoms with van der Waals surface area (Å²) in [6, 6.07) is 10.00. The second-order valence-electron chi connectivity index (χ2n) is 4.97. The highest BCUT2D eigenvalue weighted by molar-refractivity contribution is 7.89. The molecular weight excluding hydrogens is 282 g/mol. The summed E-state index contributed by atoms with van der Waals surface area (Å²) in [6.45, 7) is 0.495. The topological polar surface area (TPSA) is 37.4 Å². The lowest BCUT2D eigenvalue weighted by atomic mass is 10.2. The van der Waals surface area contributed by atoms with Crippen molar-refractivity contribution < 1.29 is 8.42 Å². The summed E-state index contributed by atoms with van der Waals surface area (Å²) in [5.41, 5.74) is 1.05. The number of alkyl halides is 1. The predicted octanol–water partition coefficient (Wildman–Crippen LogP) is 3.00. The van der Waals surface area contributed by atoms with E-state index in [9.17, 15) is 8.42 Å². The molecule has 0 atom stereocenters. The largest absolute Gasteiger partial charge is 0.214 e. The van der Waals surface area contributed by atoms with Crippen LogP contribution in [0.3, 0.4) is 0 Å². The molecule has 106 valence electrons. The lowest BCUT2D eigenvalue weighted by molar-refractivity contribution is 0.398. The van der Waals surface area contributed by atoms with Gasteiger partial charge in [0.05, 0.1) is 5.75 Å². The van der Waals surface area contributed by atoms with Crippen LogP contribution in [-0.2, 0) is 16.6 Å². The average Bonchev–Trinajstić information content (AvgIpc) is 3.21. The number of nitrogens with zero attached hydrogens (tertiary/aromatic N) is 1. The highest BCUT2D eigenvalue weighted by Gasteiger charge is 2.36. The fraction of sp³-hybridized carbons (Fsp3) is 0.571. The second kappa shape index (κ2) is 6.73. The Morgan fingerprint density at radius 3 is 2.42 bits per heavy atom. The van der Waals surface area contributed by atoms with Crippen molar-refractivity contribution in [2.24, 2.45) is 0 Å². The molecule has 1 aromatic carbocycles. The number of hydrogen-bond donors (Lipinski definition) is 0. The first-order valence-electron chi connectivity index (χ1n) is 6.73. The first-order chi connectivity index (χ1) is 9.13. The van der Waals surface area contributed by atoms with Crippen molar-refractivity contribution in [3.05, 3.63) is 35.9 Å². The van der Waals surface area contributed by atoms with Gasteiger partial charge in [0, 0.05) is 18.5 Å². The maximum absolute atomic E-state index is 12.4. The molecule has 19 heavy (non-hydrogen) atoms. The van der Waals surface area contributed by atoms with Crippen molar-refractivity contribution >= 4 is 21.6 Å². The van der Waals surface area contributed by atoms with Crippen LogP contribution in [0.25, 0.3) is 0 Å². The van der Waals surface area contributed by atoms with Crippen LogP contribution in [0, 0.1) is 0 Å². The van der Waals surface area contributed by atoms with Crippen molar-refractivity contribution in [1.82, 2.24) is 4.31 Å². The molecule has 0 aromatic heterocycles. The van der Waals surface area contributed by atoms with Crippen LogP contribution >= 0.6 is 11.6 Å². The molecule has 1 fully saturated rings. The van der Waals surface area contributed by atoms with E-state index in [1.165, 1.54) is 0 Å². The quantitative estimate of drug-likeness (QED) is 0.547. The zero-order chi connectivity index (χ0) is 13.7. The van der Waals surface area contributed by atoms with E-state index in [0.29, 0.717) is 18.8 Å². The maximum atomic E-state index is 12.4. The van der Waals surface area contributed by atoms with Gasteiger partial charge in [-0.25, -0.2) is 8.42 Å². The van der Waals surface area contributed by atoms with E-state index < -0.39 is 10.0 Å². The van der Waals surface area contributed by atoms with Crippen LogP contribution in [0.5, 0.6) is 0 Å². The molecule has 0 radical (unpaired) electrons. The number of benzene rings is 1. The van der Waals surface area contributed by atoms with Gasteiger partial charge in [-0.05, 0) is 31.2 Å². The molecule has 2 rings (SSSR count). The summed E-state index contributed by atoms with van der Waals surface area (Å²) in [7, 11) is -3.15. The number of halogens is 1. The molecular formula is C14H20ClNO2S. The molecule has 1 aliphatic rings. The Labute approximate surface area is 120 Å². The lowest BCUT2D eigenvalue weighted by Crippen LogP contribution is -2.34. The van der Waals surface area contributed by atoms with Crippen molar-refractivity contribution in [1.29, 1.82) is 0 Å². The molecule has 5 heteroatoms. The highest BCUT2D eigenvalue weighted by atomic mass is 35.5. The van der Waals surface area contributed by atoms with Crippen LogP contribution in [-0.4, -0.2) is 30.4 Å². The van der Waals surface area contributed by atoms with Gasteiger partial charge < -0.3 is 0 Å². The molecule has 0 unspecified atom stereocenters. The number of unbranched alkanes of at least 4 members (excludes halogenated alkanes) is 1. The summed E-state index contributed by atoms with van der Waals surface area (Å²) < 4.78 is 26.4. The normalized spacial score (nSPS) is 15.9. The molecule has 0 N–H and O–H groups in total. The summed E-state index contributed by atoms with van der Waals surface area (Å²) in [6.07, 6.45) is 3.37. The van der Waals surface area contributed by atoms with Gasteiger partial charge in [-0.1, -0.05) is 30.3 Å². The van der Waals surface area contributed by atoms with E-state index in [0.717, 1.165) is 24.8 Å². The Kier molecular flexibility index (Phi) is 5.25. The molecule has 3 nitrogen and oxygen atoms in total. The van der Waals surface area contributed by atoms with Gasteiger partial charge in [0.25, 0.3) is 0 Å². The van der Waals surface area contributed by atoms with Crippen molar-refractivity contribution in [2.75, 3.05) is 11.6 Å². The highest BCUT2D eigenvalue weighted by Crippen LogP contribution is 2.31. The van der Waals surface area contributed by atoms with Gasteiger partial charge in [0.2, 0.25) is 10.0 Å². The van der Waals surface area contributed by atoms with E-state index >= 15 is 0 Å². The summed E-state index contributed by atoms with van der Waals surface area (Å²) in [4.78, 5) is 0. The smallest absolute Gasteiger partial charge is 0.212 e. The van der Waals surface area contributed by atoms with Crippen LogP contribution < -0.4 is 0 Å². The minimum Gasteiger partial charge on any atom is -0.212 e. The Balaban J connectivity index is 2.03. The predicted molar refractivity (Wildman–Crippen MR) is 78.7 cm³/mol. The third-order valence-electron chi connectivity index (χ3n) is 3.28. The van der Waals surface area contributed by atoms with Crippen LogP contribution in [0.4, 0.5) is 0 Å². The van der Waals surface area contributed by atoms with Gasteiger partial charge >= 0.3 is 0 Å². The molecule has 0 heterocycles. The maximum Gasteiger partial charge on any atom is 0.214 e. The van der Waals surface area contributed by atoms with Crippen molar-refractivity contribution in [2.45, 2.75) is 38.3 Å². The van der Waals surface area contributed by atoms with E-state index in [1.54, 1.807) is 4.31 Å². The van der Waals surface area contributed by atoms with Gasteiger partial charge in [-0.3, -0.25) is 0 Å². The molecule has 0 aliphatic heterocycles. The third-order valence-corrected chi connectivity index (χ3v) is 5.49. The molecule has 1 aromatic rings. The Morgan fingerprint density at radius 1 is 1.16 bits per heavy atom. The van der Waals surface area contributed by atoms with E-state index in [4.69, 9.17) is 11.6 Å². The zero-order valence-corrected chi connectivity index (χ0v) is 12.5. The van der Waals surface area contributed by atoms with E-state index in [-0.39, 0.29) is 11.8 Å². The van der Waals surface area contributed by atoms with Crippen LogP contribution in [0.2, 0.25) is 0 Å². The SMILES string of the molecule is O=S(=O)(CCCCCl)N(Cc1ccccc1)C1CC1.